The molecule has 55 heavy (non-hydrogen) atoms. The van der Waals surface area contributed by atoms with Gasteiger partial charge in [0.2, 0.25) is 11.9 Å². The van der Waals surface area contributed by atoms with E-state index in [1.54, 1.807) is 60.2 Å². The number of aliphatic hydroxyl groups is 1. The Morgan fingerprint density at radius 2 is 1.67 bits per heavy atom. The SMILES string of the molecule is C[C@@H](O)[C@H]1C(=O)N2C(C(=O)OCc3ccc([N+](=O)[O-])cc3)=C(S[C@@H]3CCN(CC4CCN(C(=NC(=O)OC(C)(C)C)NC(=O)OC(C)(C)C)CC4)C3)[C@H](C)[C@H]12. The highest BCUT2D eigenvalue weighted by Gasteiger charge is 2.60. The van der Waals surface area contributed by atoms with Crippen molar-refractivity contribution in [1.82, 2.24) is 20.0 Å². The highest BCUT2D eigenvalue weighted by Crippen LogP contribution is 2.52. The number of carbonyl (C=O) groups is 4. The molecule has 4 heterocycles. The van der Waals surface area contributed by atoms with Crippen LogP contribution in [0.3, 0.4) is 0 Å². The number of esters is 1. The fourth-order valence-electron chi connectivity index (χ4n) is 7.48. The number of aliphatic hydroxyl groups excluding tert-OH is 1. The lowest BCUT2D eigenvalue weighted by Gasteiger charge is -2.46. The van der Waals surface area contributed by atoms with Crippen LogP contribution in [0.1, 0.15) is 80.2 Å². The number of benzene rings is 1. The van der Waals surface area contributed by atoms with Gasteiger partial charge in [-0.25, -0.2) is 14.4 Å². The van der Waals surface area contributed by atoms with Gasteiger partial charge in [-0.2, -0.15) is 0 Å². The summed E-state index contributed by atoms with van der Waals surface area (Å²) in [7, 11) is 0. The molecule has 0 saturated carbocycles. The first-order chi connectivity index (χ1) is 25.7. The van der Waals surface area contributed by atoms with E-state index in [-0.39, 0.29) is 47.1 Å². The number of β-lactam (4-membered cyclic amide) rings is 1. The number of piperidine rings is 1. The van der Waals surface area contributed by atoms with Gasteiger partial charge in [-0.05, 0) is 97.9 Å². The molecule has 3 amide bonds. The second-order valence-corrected chi connectivity index (χ2v) is 18.1. The molecule has 1 aromatic rings. The van der Waals surface area contributed by atoms with Crippen LogP contribution in [-0.2, 0) is 30.4 Å². The number of fused-ring (bicyclic) bond motifs is 1. The number of hydrogen-bond donors (Lipinski definition) is 2. The number of guanidine groups is 1. The second kappa shape index (κ2) is 16.9. The lowest BCUT2D eigenvalue weighted by molar-refractivity contribution is -0.384. The van der Waals surface area contributed by atoms with Crippen LogP contribution in [0.4, 0.5) is 15.3 Å². The lowest BCUT2D eigenvalue weighted by atomic mass is 9.79. The highest BCUT2D eigenvalue weighted by molar-refractivity contribution is 8.03. The number of amides is 3. The minimum absolute atomic E-state index is 0.0678. The smallest absolute Gasteiger partial charge is 0.437 e. The Hall–Kier alpha value is -4.22. The summed E-state index contributed by atoms with van der Waals surface area (Å²) < 4.78 is 16.5. The Bertz CT molecular complexity index is 1690. The van der Waals surface area contributed by atoms with Crippen LogP contribution in [0.5, 0.6) is 0 Å². The Kier molecular flexibility index (Phi) is 12.9. The third-order valence-electron chi connectivity index (χ3n) is 9.98. The van der Waals surface area contributed by atoms with Crippen molar-refractivity contribution in [2.75, 3.05) is 32.7 Å². The minimum Gasteiger partial charge on any atom is -0.456 e. The van der Waals surface area contributed by atoms with Gasteiger partial charge in [0, 0.05) is 54.4 Å². The molecule has 16 nitrogen and oxygen atoms in total. The van der Waals surface area contributed by atoms with Crippen LogP contribution in [-0.4, -0.2) is 116 Å². The van der Waals surface area contributed by atoms with Crippen LogP contribution in [0.25, 0.3) is 0 Å². The highest BCUT2D eigenvalue weighted by atomic mass is 32.2. The summed E-state index contributed by atoms with van der Waals surface area (Å²) in [6, 6.07) is 5.42. The monoisotopic (exact) mass is 786 g/mol. The molecule has 3 saturated heterocycles. The topological polar surface area (TPSA) is 193 Å². The molecule has 3 fully saturated rings. The number of hydrogen-bond acceptors (Lipinski definition) is 12. The summed E-state index contributed by atoms with van der Waals surface area (Å²) in [6.45, 7) is 17.6. The van der Waals surface area contributed by atoms with Crippen molar-refractivity contribution in [2.24, 2.45) is 22.7 Å². The van der Waals surface area contributed by atoms with E-state index in [2.05, 4.69) is 15.2 Å². The maximum absolute atomic E-state index is 13.6. The number of likely N-dealkylation sites (tertiary alicyclic amines) is 2. The molecule has 0 spiro atoms. The molecule has 0 unspecified atom stereocenters. The number of carbonyl (C=O) groups excluding carboxylic acids is 4. The van der Waals surface area contributed by atoms with Crippen molar-refractivity contribution in [3.05, 3.63) is 50.5 Å². The Balaban J connectivity index is 1.20. The molecule has 4 aliphatic heterocycles. The van der Waals surface area contributed by atoms with E-state index < -0.39 is 46.3 Å². The number of non-ortho nitro benzene ring substituents is 1. The van der Waals surface area contributed by atoms with Gasteiger partial charge in [-0.1, -0.05) is 6.92 Å². The number of nitro groups is 1. The zero-order valence-electron chi connectivity index (χ0n) is 32.9. The van der Waals surface area contributed by atoms with Crippen molar-refractivity contribution in [1.29, 1.82) is 0 Å². The molecule has 1 aromatic carbocycles. The zero-order valence-corrected chi connectivity index (χ0v) is 33.7. The molecule has 0 aromatic heterocycles. The fraction of sp³-hybridized carbons (Fsp3) is 0.658. The lowest BCUT2D eigenvalue weighted by Crippen LogP contribution is -2.63. The van der Waals surface area contributed by atoms with Crippen LogP contribution in [0.2, 0.25) is 0 Å². The predicted molar refractivity (Wildman–Crippen MR) is 205 cm³/mol. The minimum atomic E-state index is -0.862. The maximum Gasteiger partial charge on any atom is 0.437 e. The molecular formula is C38H54N6O10S. The number of nitrogens with zero attached hydrogens (tertiary/aromatic N) is 5. The summed E-state index contributed by atoms with van der Waals surface area (Å²) in [5, 5.41) is 24.3. The molecule has 0 aliphatic carbocycles. The summed E-state index contributed by atoms with van der Waals surface area (Å²) >= 11 is 1.61. The van der Waals surface area contributed by atoms with E-state index in [4.69, 9.17) is 14.2 Å². The zero-order chi connectivity index (χ0) is 40.4. The van der Waals surface area contributed by atoms with Gasteiger partial charge in [-0.15, -0.1) is 16.8 Å². The number of nitro benzene ring substituents is 1. The number of alkyl carbamates (subject to hydrolysis) is 1. The van der Waals surface area contributed by atoms with Crippen molar-refractivity contribution in [3.8, 4) is 0 Å². The van der Waals surface area contributed by atoms with E-state index in [1.807, 2.05) is 11.8 Å². The van der Waals surface area contributed by atoms with E-state index >= 15 is 0 Å². The summed E-state index contributed by atoms with van der Waals surface area (Å²) in [5.41, 5.74) is -0.747. The van der Waals surface area contributed by atoms with E-state index in [0.717, 1.165) is 43.8 Å². The van der Waals surface area contributed by atoms with Crippen molar-refractivity contribution in [3.63, 3.8) is 0 Å². The molecule has 17 heteroatoms. The molecular weight excluding hydrogens is 733 g/mol. The molecule has 0 bridgehead atoms. The largest absolute Gasteiger partial charge is 0.456 e. The maximum atomic E-state index is 13.6. The quantitative estimate of drug-likeness (QED) is 0.0644. The molecule has 5 rings (SSSR count). The molecule has 4 aliphatic rings. The van der Waals surface area contributed by atoms with Crippen LogP contribution in [0.15, 0.2) is 39.9 Å². The van der Waals surface area contributed by atoms with Gasteiger partial charge in [0.25, 0.3) is 5.69 Å². The number of ether oxygens (including phenoxy) is 3. The third kappa shape index (κ3) is 10.6. The van der Waals surface area contributed by atoms with Gasteiger partial charge >= 0.3 is 18.2 Å². The third-order valence-corrected chi connectivity index (χ3v) is 11.5. The first-order valence-corrected chi connectivity index (χ1v) is 19.7. The molecule has 0 radical (unpaired) electrons. The first-order valence-electron chi connectivity index (χ1n) is 18.8. The summed E-state index contributed by atoms with van der Waals surface area (Å²) in [5.74, 6) is -1.25. The molecule has 2 N–H and O–H groups in total. The Morgan fingerprint density at radius 3 is 2.25 bits per heavy atom. The second-order valence-electron chi connectivity index (χ2n) is 16.7. The van der Waals surface area contributed by atoms with Crippen molar-refractivity contribution >= 4 is 47.5 Å². The van der Waals surface area contributed by atoms with Crippen LogP contribution >= 0.6 is 11.8 Å². The Morgan fingerprint density at radius 1 is 1.04 bits per heavy atom. The van der Waals surface area contributed by atoms with Crippen molar-refractivity contribution in [2.45, 2.75) is 110 Å². The standard InChI is InChI=1S/C38H54N6O10S/c1-22-29-28(23(2)45)32(46)43(29)30(33(47)52-21-25-9-11-26(12-10-25)44(50)51)31(22)55-27-15-16-41(20-27)19-24-13-17-42(18-14-24)34(39-35(48)53-37(3,4)5)40-36(49)54-38(6,7)8/h9-12,22-24,27-29,45H,13-21H2,1-8H3,(H,39,40,48,49)/t22-,23-,27-,28-,29-/m1/s1. The molecule has 302 valence electrons. The summed E-state index contributed by atoms with van der Waals surface area (Å²) in [6.07, 6.45) is 0.133. The van der Waals surface area contributed by atoms with Crippen molar-refractivity contribution < 1.29 is 43.4 Å². The first kappa shape index (κ1) is 41.9. The van der Waals surface area contributed by atoms with Crippen LogP contribution < -0.4 is 5.32 Å². The van der Waals surface area contributed by atoms with Gasteiger partial charge < -0.3 is 34.0 Å². The average Bonchev–Trinajstić information content (AvgIpc) is 3.61. The number of aliphatic imine (C=N–C) groups is 1. The van der Waals surface area contributed by atoms with Gasteiger partial charge in [0.05, 0.1) is 23.0 Å². The van der Waals surface area contributed by atoms with Gasteiger partial charge in [0.1, 0.15) is 23.5 Å². The Labute approximate surface area is 326 Å². The predicted octanol–water partition coefficient (Wildman–Crippen LogP) is 5.04. The van der Waals surface area contributed by atoms with E-state index in [9.17, 15) is 34.4 Å². The summed E-state index contributed by atoms with van der Waals surface area (Å²) in [4.78, 5) is 73.3. The molecule has 5 atom stereocenters. The fourth-order valence-corrected chi connectivity index (χ4v) is 8.99. The number of nitrogens with one attached hydrogen (secondary N) is 1. The average molecular weight is 787 g/mol. The van der Waals surface area contributed by atoms with E-state index in [0.29, 0.717) is 24.6 Å². The normalized spacial score (nSPS) is 24.3. The van der Waals surface area contributed by atoms with Crippen LogP contribution in [0, 0.1) is 27.9 Å². The van der Waals surface area contributed by atoms with Gasteiger partial charge in [-0.3, -0.25) is 20.2 Å². The van der Waals surface area contributed by atoms with Gasteiger partial charge in [0.15, 0.2) is 0 Å². The number of thioether (sulfide) groups is 1. The van der Waals surface area contributed by atoms with E-state index in [1.165, 1.54) is 29.2 Å². The number of rotatable bonds is 9.